The van der Waals surface area contributed by atoms with E-state index in [2.05, 4.69) is 10.3 Å². The summed E-state index contributed by atoms with van der Waals surface area (Å²) < 4.78 is 1.67. The lowest BCUT2D eigenvalue weighted by atomic mass is 10.1. The molecule has 0 aliphatic carbocycles. The monoisotopic (exact) mass is 209 g/mol. The van der Waals surface area contributed by atoms with Crippen molar-refractivity contribution < 1.29 is 14.7 Å². The molecule has 0 spiro atoms. The van der Waals surface area contributed by atoms with Crippen molar-refractivity contribution in [1.82, 2.24) is 9.78 Å². The van der Waals surface area contributed by atoms with Crippen LogP contribution in [-0.2, 0) is 16.7 Å². The van der Waals surface area contributed by atoms with Gasteiger partial charge in [-0.3, -0.25) is 4.68 Å². The van der Waals surface area contributed by atoms with Crippen molar-refractivity contribution in [3.05, 3.63) is 17.5 Å². The van der Waals surface area contributed by atoms with Gasteiger partial charge in [0.2, 0.25) is 6.10 Å². The second kappa shape index (κ2) is 3.38. The van der Waals surface area contributed by atoms with E-state index in [1.54, 1.807) is 4.68 Å². The van der Waals surface area contributed by atoms with Crippen LogP contribution in [0.15, 0.2) is 11.4 Å². The molecule has 0 fully saturated rings. The van der Waals surface area contributed by atoms with Crippen molar-refractivity contribution in [3.63, 3.8) is 0 Å². The molecule has 0 aromatic carbocycles. The summed E-state index contributed by atoms with van der Waals surface area (Å²) in [6, 6.07) is 0. The third-order valence-corrected chi connectivity index (χ3v) is 2.27. The SMILES string of the molecule is Cc1nn(C)cc1C1=NO[C@@H](C(=O)O)C1. The Bertz CT molecular complexity index is 436. The number of carboxylic acids is 1. The summed E-state index contributed by atoms with van der Waals surface area (Å²) in [6.07, 6.45) is 1.24. The van der Waals surface area contributed by atoms with E-state index in [0.29, 0.717) is 12.1 Å². The lowest BCUT2D eigenvalue weighted by molar-refractivity contribution is -0.148. The van der Waals surface area contributed by atoms with E-state index in [-0.39, 0.29) is 0 Å². The van der Waals surface area contributed by atoms with Crippen LogP contribution in [0.2, 0.25) is 0 Å². The van der Waals surface area contributed by atoms with E-state index in [1.807, 2.05) is 20.2 Å². The largest absolute Gasteiger partial charge is 0.478 e. The third kappa shape index (κ3) is 1.70. The first-order valence-corrected chi connectivity index (χ1v) is 4.54. The minimum atomic E-state index is -0.990. The highest BCUT2D eigenvalue weighted by Crippen LogP contribution is 2.18. The average molecular weight is 209 g/mol. The molecule has 80 valence electrons. The average Bonchev–Trinajstić information content (AvgIpc) is 2.71. The predicted molar refractivity (Wildman–Crippen MR) is 51.6 cm³/mol. The second-order valence-electron chi connectivity index (χ2n) is 3.48. The molecular formula is C9H11N3O3. The van der Waals surface area contributed by atoms with Crippen molar-refractivity contribution in [2.75, 3.05) is 0 Å². The number of aliphatic carboxylic acids is 1. The molecule has 1 atom stereocenters. The molecule has 6 heteroatoms. The Balaban J connectivity index is 2.21. The summed E-state index contributed by atoms with van der Waals surface area (Å²) in [4.78, 5) is 15.4. The fourth-order valence-corrected chi connectivity index (χ4v) is 1.55. The highest BCUT2D eigenvalue weighted by molar-refractivity contribution is 6.03. The molecule has 6 nitrogen and oxygen atoms in total. The van der Waals surface area contributed by atoms with Gasteiger partial charge in [-0.15, -0.1) is 0 Å². The number of carbonyl (C=O) groups is 1. The van der Waals surface area contributed by atoms with Gasteiger partial charge in [0.1, 0.15) is 0 Å². The van der Waals surface area contributed by atoms with Gasteiger partial charge >= 0.3 is 5.97 Å². The maximum absolute atomic E-state index is 10.6. The molecule has 1 aliphatic rings. The molecular weight excluding hydrogens is 198 g/mol. The fraction of sp³-hybridized carbons (Fsp3) is 0.444. The van der Waals surface area contributed by atoms with Crippen LogP contribution >= 0.6 is 0 Å². The Hall–Kier alpha value is -1.85. The van der Waals surface area contributed by atoms with Crippen LogP contribution in [0.4, 0.5) is 0 Å². The van der Waals surface area contributed by atoms with E-state index in [1.165, 1.54) is 0 Å². The summed E-state index contributed by atoms with van der Waals surface area (Å²) in [7, 11) is 1.81. The molecule has 0 bridgehead atoms. The molecule has 1 N–H and O–H groups in total. The van der Waals surface area contributed by atoms with Gasteiger partial charge in [-0.2, -0.15) is 5.10 Å². The van der Waals surface area contributed by atoms with Gasteiger partial charge in [0, 0.05) is 25.2 Å². The molecule has 0 saturated carbocycles. The number of rotatable bonds is 2. The summed E-state index contributed by atoms with van der Waals surface area (Å²) in [6.45, 7) is 1.85. The summed E-state index contributed by atoms with van der Waals surface area (Å²) in [5, 5.41) is 16.7. The van der Waals surface area contributed by atoms with Gasteiger partial charge in [-0.25, -0.2) is 4.79 Å². The number of nitrogens with zero attached hydrogens (tertiary/aromatic N) is 3. The van der Waals surface area contributed by atoms with Crippen LogP contribution < -0.4 is 0 Å². The Morgan fingerprint density at radius 3 is 2.93 bits per heavy atom. The third-order valence-electron chi connectivity index (χ3n) is 2.27. The van der Waals surface area contributed by atoms with Crippen LogP contribution in [0.25, 0.3) is 0 Å². The lowest BCUT2D eigenvalue weighted by Crippen LogP contribution is -2.19. The van der Waals surface area contributed by atoms with Crippen molar-refractivity contribution in [3.8, 4) is 0 Å². The number of hydrogen-bond donors (Lipinski definition) is 1. The predicted octanol–water partition coefficient (Wildman–Crippen LogP) is 0.306. The zero-order valence-corrected chi connectivity index (χ0v) is 8.47. The van der Waals surface area contributed by atoms with Crippen LogP contribution in [0.1, 0.15) is 17.7 Å². The van der Waals surface area contributed by atoms with Gasteiger partial charge in [-0.1, -0.05) is 5.16 Å². The van der Waals surface area contributed by atoms with Crippen molar-refractivity contribution in [2.24, 2.45) is 12.2 Å². The van der Waals surface area contributed by atoms with Crippen LogP contribution in [-0.4, -0.2) is 32.7 Å². The number of aryl methyl sites for hydroxylation is 2. The molecule has 0 unspecified atom stereocenters. The maximum atomic E-state index is 10.6. The van der Waals surface area contributed by atoms with E-state index >= 15 is 0 Å². The van der Waals surface area contributed by atoms with E-state index in [4.69, 9.17) is 9.94 Å². The first kappa shape index (κ1) is 9.70. The number of hydrogen-bond acceptors (Lipinski definition) is 4. The van der Waals surface area contributed by atoms with Gasteiger partial charge < -0.3 is 9.94 Å². The van der Waals surface area contributed by atoms with E-state index in [9.17, 15) is 4.79 Å². The Morgan fingerprint density at radius 2 is 2.47 bits per heavy atom. The first-order chi connectivity index (χ1) is 7.08. The standard InChI is InChI=1S/C9H11N3O3/c1-5-6(4-12(2)10-5)7-3-8(9(13)14)15-11-7/h4,8H,3H2,1-2H3,(H,13,14)/t8-/m1/s1. The fourth-order valence-electron chi connectivity index (χ4n) is 1.55. The van der Waals surface area contributed by atoms with Crippen molar-refractivity contribution in [2.45, 2.75) is 19.4 Å². The Morgan fingerprint density at radius 1 is 1.73 bits per heavy atom. The number of oxime groups is 1. The molecule has 0 amide bonds. The minimum absolute atomic E-state index is 0.294. The summed E-state index contributed by atoms with van der Waals surface area (Å²) >= 11 is 0. The summed E-state index contributed by atoms with van der Waals surface area (Å²) in [5.74, 6) is -0.990. The molecule has 0 saturated heterocycles. The minimum Gasteiger partial charge on any atom is -0.478 e. The van der Waals surface area contributed by atoms with Gasteiger partial charge in [0.15, 0.2) is 0 Å². The quantitative estimate of drug-likeness (QED) is 0.760. The molecule has 2 rings (SSSR count). The van der Waals surface area contributed by atoms with Gasteiger partial charge in [0.25, 0.3) is 0 Å². The van der Waals surface area contributed by atoms with Crippen LogP contribution in [0.5, 0.6) is 0 Å². The number of aromatic nitrogens is 2. The van der Waals surface area contributed by atoms with Crippen LogP contribution in [0, 0.1) is 6.92 Å². The topological polar surface area (TPSA) is 76.7 Å². The molecule has 1 aromatic heterocycles. The molecule has 15 heavy (non-hydrogen) atoms. The lowest BCUT2D eigenvalue weighted by Gasteiger charge is -1.98. The molecule has 1 aromatic rings. The van der Waals surface area contributed by atoms with Crippen molar-refractivity contribution in [1.29, 1.82) is 0 Å². The zero-order valence-electron chi connectivity index (χ0n) is 8.47. The molecule has 1 aliphatic heterocycles. The maximum Gasteiger partial charge on any atom is 0.348 e. The molecule has 0 radical (unpaired) electrons. The normalized spacial score (nSPS) is 19.9. The Kier molecular flexibility index (Phi) is 2.18. The van der Waals surface area contributed by atoms with E-state index in [0.717, 1.165) is 11.3 Å². The first-order valence-electron chi connectivity index (χ1n) is 4.54. The summed E-state index contributed by atoms with van der Waals surface area (Å²) in [5.41, 5.74) is 2.32. The van der Waals surface area contributed by atoms with Gasteiger partial charge in [0.05, 0.1) is 11.4 Å². The number of carboxylic acid groups (broad SMARTS) is 1. The molecule has 2 heterocycles. The van der Waals surface area contributed by atoms with Crippen LogP contribution in [0.3, 0.4) is 0 Å². The van der Waals surface area contributed by atoms with Gasteiger partial charge in [-0.05, 0) is 6.92 Å². The van der Waals surface area contributed by atoms with E-state index < -0.39 is 12.1 Å². The smallest absolute Gasteiger partial charge is 0.348 e. The van der Waals surface area contributed by atoms with Crippen molar-refractivity contribution >= 4 is 11.7 Å². The highest BCUT2D eigenvalue weighted by Gasteiger charge is 2.29. The zero-order chi connectivity index (χ0) is 11.0. The highest BCUT2D eigenvalue weighted by atomic mass is 16.7. The second-order valence-corrected chi connectivity index (χ2v) is 3.48. The Labute approximate surface area is 86.1 Å².